The summed E-state index contributed by atoms with van der Waals surface area (Å²) in [5.41, 5.74) is 1.49. The van der Waals surface area contributed by atoms with Crippen molar-refractivity contribution in [2.24, 2.45) is 0 Å². The highest BCUT2D eigenvalue weighted by atomic mass is 35.5. The number of halogens is 1. The molecule has 0 saturated heterocycles. The number of ether oxygens (including phenoxy) is 2. The summed E-state index contributed by atoms with van der Waals surface area (Å²) in [7, 11) is 1.97. The first-order valence-electron chi connectivity index (χ1n) is 9.91. The molecule has 0 fully saturated rings. The lowest BCUT2D eigenvalue weighted by molar-refractivity contribution is 0.0632. The normalized spacial score (nSPS) is 15.5. The maximum absolute atomic E-state index is 12.9. The predicted molar refractivity (Wildman–Crippen MR) is 123 cm³/mol. The Hall–Kier alpha value is -2.87. The zero-order valence-corrected chi connectivity index (χ0v) is 18.4. The van der Waals surface area contributed by atoms with E-state index in [0.29, 0.717) is 40.8 Å². The molecule has 0 aliphatic carbocycles. The van der Waals surface area contributed by atoms with Gasteiger partial charge in [0.1, 0.15) is 23.4 Å². The molecule has 158 valence electrons. The van der Waals surface area contributed by atoms with Crippen LogP contribution in [0.1, 0.15) is 5.82 Å². The van der Waals surface area contributed by atoms with E-state index in [0.717, 1.165) is 22.6 Å². The van der Waals surface area contributed by atoms with E-state index >= 15 is 0 Å². The second-order valence-corrected chi connectivity index (χ2v) is 8.78. The number of likely N-dealkylation sites (N-methyl/N-ethyl adjacent to an activating group) is 1. The molecule has 1 atom stereocenters. The molecule has 5 rings (SSSR count). The van der Waals surface area contributed by atoms with Crippen LogP contribution in [0.2, 0.25) is 5.02 Å². The fourth-order valence-corrected chi connectivity index (χ4v) is 4.96. The average molecular weight is 454 g/mol. The van der Waals surface area contributed by atoms with Crippen LogP contribution in [0.15, 0.2) is 58.7 Å². The van der Waals surface area contributed by atoms with Crippen molar-refractivity contribution in [1.82, 2.24) is 14.9 Å². The molecule has 1 N–H and O–H groups in total. The summed E-state index contributed by atoms with van der Waals surface area (Å²) in [6, 6.07) is 15.2. The number of thiophene rings is 1. The minimum atomic E-state index is -0.157. The van der Waals surface area contributed by atoms with Crippen LogP contribution in [0.5, 0.6) is 11.5 Å². The number of aromatic nitrogens is 2. The highest BCUT2D eigenvalue weighted by Gasteiger charge is 2.22. The summed E-state index contributed by atoms with van der Waals surface area (Å²) in [6.45, 7) is 1.62. The molecule has 0 bridgehead atoms. The van der Waals surface area contributed by atoms with E-state index in [1.54, 1.807) is 0 Å². The first-order chi connectivity index (χ1) is 15.1. The number of nitrogens with one attached hydrogen (secondary N) is 1. The summed E-state index contributed by atoms with van der Waals surface area (Å²) < 4.78 is 11.8. The maximum Gasteiger partial charge on any atom is 0.260 e. The number of H-pyrrole nitrogens is 1. The van der Waals surface area contributed by atoms with Crippen LogP contribution < -0.4 is 15.0 Å². The summed E-state index contributed by atoms with van der Waals surface area (Å²) in [6.07, 6.45) is -0.0936. The molecule has 0 unspecified atom stereocenters. The number of aromatic amines is 1. The van der Waals surface area contributed by atoms with E-state index < -0.39 is 0 Å². The van der Waals surface area contributed by atoms with E-state index in [1.807, 2.05) is 61.0 Å². The molecule has 2 aromatic carbocycles. The topological polar surface area (TPSA) is 67.5 Å². The van der Waals surface area contributed by atoms with Gasteiger partial charge in [0.2, 0.25) is 0 Å². The Kier molecular flexibility index (Phi) is 5.40. The van der Waals surface area contributed by atoms with Gasteiger partial charge in [-0.15, -0.1) is 11.3 Å². The Balaban J connectivity index is 1.33. The Bertz CT molecular complexity index is 1300. The van der Waals surface area contributed by atoms with Crippen molar-refractivity contribution in [2.45, 2.75) is 12.6 Å². The largest absolute Gasteiger partial charge is 0.486 e. The molecule has 3 heterocycles. The Morgan fingerprint density at radius 2 is 1.94 bits per heavy atom. The van der Waals surface area contributed by atoms with Crippen LogP contribution >= 0.6 is 22.9 Å². The molecule has 6 nitrogen and oxygen atoms in total. The van der Waals surface area contributed by atoms with Crippen molar-refractivity contribution >= 4 is 33.2 Å². The van der Waals surface area contributed by atoms with Crippen LogP contribution in [-0.4, -0.2) is 41.2 Å². The first-order valence-corrected chi connectivity index (χ1v) is 11.2. The van der Waals surface area contributed by atoms with Crippen LogP contribution in [-0.2, 0) is 6.54 Å². The van der Waals surface area contributed by atoms with E-state index in [1.165, 1.54) is 11.3 Å². The molecular weight excluding hydrogens is 434 g/mol. The zero-order chi connectivity index (χ0) is 21.4. The quantitative estimate of drug-likeness (QED) is 0.479. The van der Waals surface area contributed by atoms with E-state index in [2.05, 4.69) is 14.9 Å². The monoisotopic (exact) mass is 453 g/mol. The van der Waals surface area contributed by atoms with Gasteiger partial charge in [-0.1, -0.05) is 41.9 Å². The van der Waals surface area contributed by atoms with Gasteiger partial charge >= 0.3 is 0 Å². The molecule has 0 spiro atoms. The zero-order valence-electron chi connectivity index (χ0n) is 16.8. The van der Waals surface area contributed by atoms with Gasteiger partial charge in [-0.3, -0.25) is 9.69 Å². The van der Waals surface area contributed by atoms with Crippen molar-refractivity contribution < 1.29 is 9.47 Å². The van der Waals surface area contributed by atoms with Crippen molar-refractivity contribution in [1.29, 1.82) is 0 Å². The summed E-state index contributed by atoms with van der Waals surface area (Å²) in [5, 5.41) is 3.12. The minimum absolute atomic E-state index is 0.0936. The fourth-order valence-electron chi connectivity index (χ4n) is 3.77. The number of hydrogen-bond donors (Lipinski definition) is 1. The maximum atomic E-state index is 12.9. The molecule has 31 heavy (non-hydrogen) atoms. The van der Waals surface area contributed by atoms with Crippen LogP contribution in [0.4, 0.5) is 0 Å². The molecule has 2 aromatic heterocycles. The number of hydrogen-bond acceptors (Lipinski definition) is 6. The third-order valence-electron chi connectivity index (χ3n) is 5.16. The van der Waals surface area contributed by atoms with E-state index in [-0.39, 0.29) is 11.7 Å². The van der Waals surface area contributed by atoms with Gasteiger partial charge in [0.15, 0.2) is 11.5 Å². The van der Waals surface area contributed by atoms with Gasteiger partial charge < -0.3 is 14.5 Å². The molecule has 1 aliphatic heterocycles. The van der Waals surface area contributed by atoms with Gasteiger partial charge in [-0.2, -0.15) is 0 Å². The smallest absolute Gasteiger partial charge is 0.260 e. The number of nitrogens with zero attached hydrogens (tertiary/aromatic N) is 2. The minimum Gasteiger partial charge on any atom is -0.486 e. The molecule has 8 heteroatoms. The standard InChI is InChI=1S/C23H20ClN3O3S/c1-27(10-14-12-29-18-8-4-5-9-19(18)30-14)11-20-25-22(28)21-16(13-31-23(21)26-20)15-6-2-3-7-17(15)24/h2-9,13-14H,10-12H2,1H3,(H,25,26,28)/t14-/m0/s1. The van der Waals surface area contributed by atoms with Crippen molar-refractivity contribution in [3.8, 4) is 22.6 Å². The number of para-hydroxylation sites is 2. The average Bonchev–Trinajstić information content (AvgIpc) is 3.18. The Labute approximate surface area is 188 Å². The third-order valence-corrected chi connectivity index (χ3v) is 6.36. The second kappa shape index (κ2) is 8.34. The third kappa shape index (κ3) is 4.04. The first kappa shape index (κ1) is 20.1. The van der Waals surface area contributed by atoms with E-state index in [4.69, 9.17) is 21.1 Å². The van der Waals surface area contributed by atoms with Gasteiger partial charge in [0.05, 0.1) is 11.9 Å². The molecule has 0 amide bonds. The van der Waals surface area contributed by atoms with Crippen molar-refractivity contribution in [3.63, 3.8) is 0 Å². The SMILES string of the molecule is CN(Cc1nc2scc(-c3ccccc3Cl)c2c(=O)[nH]1)C[C@H]1COc2ccccc2O1. The molecule has 0 saturated carbocycles. The number of rotatable bonds is 5. The number of fused-ring (bicyclic) bond motifs is 2. The highest BCUT2D eigenvalue weighted by molar-refractivity contribution is 7.17. The van der Waals surface area contributed by atoms with Gasteiger partial charge in [-0.05, 0) is 25.2 Å². The molecular formula is C23H20ClN3O3S. The summed E-state index contributed by atoms with van der Waals surface area (Å²) in [5.74, 6) is 2.14. The molecule has 0 radical (unpaired) electrons. The Morgan fingerprint density at radius 3 is 2.77 bits per heavy atom. The Morgan fingerprint density at radius 1 is 1.16 bits per heavy atom. The summed E-state index contributed by atoms with van der Waals surface area (Å²) >= 11 is 7.78. The van der Waals surface area contributed by atoms with Gasteiger partial charge in [-0.25, -0.2) is 4.98 Å². The van der Waals surface area contributed by atoms with Gasteiger partial charge in [0.25, 0.3) is 5.56 Å². The lowest BCUT2D eigenvalue weighted by Gasteiger charge is -2.29. The van der Waals surface area contributed by atoms with Crippen LogP contribution in [0.25, 0.3) is 21.3 Å². The van der Waals surface area contributed by atoms with Crippen LogP contribution in [0.3, 0.4) is 0 Å². The number of benzene rings is 2. The molecule has 4 aromatic rings. The van der Waals surface area contributed by atoms with Crippen LogP contribution in [0, 0.1) is 0 Å². The second-order valence-electron chi connectivity index (χ2n) is 7.52. The predicted octanol–water partition coefficient (Wildman–Crippen LogP) is 4.58. The summed E-state index contributed by atoms with van der Waals surface area (Å²) in [4.78, 5) is 23.3. The van der Waals surface area contributed by atoms with Crippen molar-refractivity contribution in [2.75, 3.05) is 20.2 Å². The van der Waals surface area contributed by atoms with E-state index in [9.17, 15) is 4.79 Å². The highest BCUT2D eigenvalue weighted by Crippen LogP contribution is 2.35. The lowest BCUT2D eigenvalue weighted by Crippen LogP contribution is -2.39. The van der Waals surface area contributed by atoms with Gasteiger partial charge in [0, 0.05) is 28.1 Å². The lowest BCUT2D eigenvalue weighted by atomic mass is 10.1. The fraction of sp³-hybridized carbons (Fsp3) is 0.217. The molecule has 1 aliphatic rings. The van der Waals surface area contributed by atoms with Crippen molar-refractivity contribution in [3.05, 3.63) is 75.1 Å².